The van der Waals surface area contributed by atoms with Crippen LogP contribution in [0, 0.1) is 5.92 Å². The summed E-state index contributed by atoms with van der Waals surface area (Å²) in [5, 5.41) is 3.26. The lowest BCUT2D eigenvalue weighted by molar-refractivity contribution is -0.127. The van der Waals surface area contributed by atoms with E-state index in [4.69, 9.17) is 0 Å². The summed E-state index contributed by atoms with van der Waals surface area (Å²) in [5.74, 6) is 0.717. The average Bonchev–Trinajstić information content (AvgIpc) is 2.82. The predicted molar refractivity (Wildman–Crippen MR) is 104 cm³/mol. The molecule has 3 aliphatic rings. The van der Waals surface area contributed by atoms with Crippen LogP contribution in [0.3, 0.4) is 0 Å². The van der Waals surface area contributed by atoms with Crippen molar-refractivity contribution >= 4 is 21.8 Å². The third-order valence-corrected chi connectivity index (χ3v) is 7.30. The number of piperidine rings is 1. The Morgan fingerprint density at radius 3 is 2.37 bits per heavy atom. The molecule has 2 aliphatic heterocycles. The summed E-state index contributed by atoms with van der Waals surface area (Å²) in [6.45, 7) is 1.32. The van der Waals surface area contributed by atoms with Crippen LogP contribution in [-0.4, -0.2) is 44.2 Å². The van der Waals surface area contributed by atoms with Gasteiger partial charge in [0.25, 0.3) is 10.0 Å². The van der Waals surface area contributed by atoms with Crippen LogP contribution in [-0.2, 0) is 14.8 Å². The molecule has 0 spiro atoms. The Hall–Kier alpha value is -1.89. The van der Waals surface area contributed by atoms with Gasteiger partial charge in [0.1, 0.15) is 4.90 Å². The SMILES string of the molecule is O=C(NC1CCCCCC1)C1CCN(C2=NS(=O)(=O)c3ccccc32)CC1. The molecular weight excluding hydrogens is 362 g/mol. The summed E-state index contributed by atoms with van der Waals surface area (Å²) >= 11 is 0. The molecule has 0 radical (unpaired) electrons. The standard InChI is InChI=1S/C20H27N3O3S/c24-20(21-16-7-3-1-2-4-8-16)15-11-13-23(14-12-15)19-17-9-5-6-10-18(17)27(25,26)22-19/h5-6,9-10,15-16H,1-4,7-8,11-14H2,(H,21,24). The fraction of sp³-hybridized carbons (Fsp3) is 0.600. The second-order valence-corrected chi connectivity index (χ2v) is 9.42. The van der Waals surface area contributed by atoms with Gasteiger partial charge in [0.15, 0.2) is 5.84 Å². The zero-order valence-electron chi connectivity index (χ0n) is 15.6. The van der Waals surface area contributed by atoms with Crippen molar-refractivity contribution in [1.82, 2.24) is 10.2 Å². The minimum absolute atomic E-state index is 0.0124. The predicted octanol–water partition coefficient (Wildman–Crippen LogP) is 2.69. The first-order chi connectivity index (χ1) is 13.0. The van der Waals surface area contributed by atoms with Gasteiger partial charge < -0.3 is 10.2 Å². The molecule has 4 rings (SSSR count). The second kappa shape index (κ2) is 7.62. The van der Waals surface area contributed by atoms with Crippen LogP contribution in [0.1, 0.15) is 56.9 Å². The Kier molecular flexibility index (Phi) is 5.21. The van der Waals surface area contributed by atoms with E-state index in [2.05, 4.69) is 9.71 Å². The van der Waals surface area contributed by atoms with E-state index in [1.54, 1.807) is 12.1 Å². The van der Waals surface area contributed by atoms with Gasteiger partial charge in [-0.1, -0.05) is 37.8 Å². The van der Waals surface area contributed by atoms with Crippen molar-refractivity contribution in [2.45, 2.75) is 62.3 Å². The van der Waals surface area contributed by atoms with Crippen molar-refractivity contribution < 1.29 is 13.2 Å². The van der Waals surface area contributed by atoms with Gasteiger partial charge in [-0.15, -0.1) is 4.40 Å². The lowest BCUT2D eigenvalue weighted by atomic mass is 9.94. The Labute approximate surface area is 161 Å². The van der Waals surface area contributed by atoms with Crippen LogP contribution < -0.4 is 5.32 Å². The summed E-state index contributed by atoms with van der Waals surface area (Å²) < 4.78 is 28.5. The number of likely N-dealkylation sites (tertiary alicyclic amines) is 1. The fourth-order valence-corrected chi connectivity index (χ4v) is 5.64. The molecule has 2 fully saturated rings. The topological polar surface area (TPSA) is 78.8 Å². The van der Waals surface area contributed by atoms with Crippen LogP contribution in [0.5, 0.6) is 0 Å². The zero-order valence-corrected chi connectivity index (χ0v) is 16.4. The molecular formula is C20H27N3O3S. The highest BCUT2D eigenvalue weighted by atomic mass is 32.2. The van der Waals surface area contributed by atoms with Crippen LogP contribution in [0.25, 0.3) is 0 Å². The Balaban J connectivity index is 1.37. The molecule has 27 heavy (non-hydrogen) atoms. The van der Waals surface area contributed by atoms with Gasteiger partial charge in [0.2, 0.25) is 5.91 Å². The second-order valence-electron chi connectivity index (χ2n) is 7.84. The van der Waals surface area contributed by atoms with E-state index in [1.807, 2.05) is 17.0 Å². The normalized spacial score (nSPS) is 23.4. The lowest BCUT2D eigenvalue weighted by Crippen LogP contribution is -2.45. The maximum Gasteiger partial charge on any atom is 0.285 e. The monoisotopic (exact) mass is 389 g/mol. The molecule has 1 amide bonds. The van der Waals surface area contributed by atoms with Crippen molar-refractivity contribution in [1.29, 1.82) is 0 Å². The number of carbonyl (C=O) groups is 1. The third-order valence-electron chi connectivity index (χ3n) is 5.98. The van der Waals surface area contributed by atoms with Gasteiger partial charge in [-0.3, -0.25) is 4.79 Å². The van der Waals surface area contributed by atoms with Gasteiger partial charge in [-0.2, -0.15) is 8.42 Å². The molecule has 1 saturated heterocycles. The number of fused-ring (bicyclic) bond motifs is 1. The van der Waals surface area contributed by atoms with E-state index in [0.717, 1.165) is 25.7 Å². The number of carbonyl (C=O) groups excluding carboxylic acids is 1. The highest BCUT2D eigenvalue weighted by Crippen LogP contribution is 2.30. The maximum absolute atomic E-state index is 12.7. The van der Waals surface area contributed by atoms with Crippen molar-refractivity contribution in [3.05, 3.63) is 29.8 Å². The largest absolute Gasteiger partial charge is 0.355 e. The molecule has 2 heterocycles. The summed E-state index contributed by atoms with van der Waals surface area (Å²) in [7, 11) is -3.59. The summed E-state index contributed by atoms with van der Waals surface area (Å²) in [6.07, 6.45) is 8.62. The van der Waals surface area contributed by atoms with Crippen LogP contribution in [0.15, 0.2) is 33.6 Å². The fourth-order valence-electron chi connectivity index (χ4n) is 4.41. The molecule has 1 aromatic carbocycles. The Bertz CT molecular complexity index is 834. The maximum atomic E-state index is 12.7. The third kappa shape index (κ3) is 3.88. The number of nitrogens with zero attached hydrogens (tertiary/aromatic N) is 2. The summed E-state index contributed by atoms with van der Waals surface area (Å²) in [6, 6.07) is 7.30. The molecule has 1 aliphatic carbocycles. The number of benzene rings is 1. The summed E-state index contributed by atoms with van der Waals surface area (Å²) in [4.78, 5) is 15.0. The molecule has 0 bridgehead atoms. The van der Waals surface area contributed by atoms with Crippen LogP contribution in [0.2, 0.25) is 0 Å². The van der Waals surface area contributed by atoms with Crippen LogP contribution in [0.4, 0.5) is 0 Å². The van der Waals surface area contributed by atoms with E-state index in [-0.39, 0.29) is 16.7 Å². The molecule has 1 saturated carbocycles. The number of hydrogen-bond acceptors (Lipinski definition) is 4. The van der Waals surface area contributed by atoms with E-state index in [0.29, 0.717) is 30.5 Å². The van der Waals surface area contributed by atoms with Gasteiger partial charge >= 0.3 is 0 Å². The Morgan fingerprint density at radius 2 is 1.67 bits per heavy atom. The summed E-state index contributed by atoms with van der Waals surface area (Å²) in [5.41, 5.74) is 0.679. The quantitative estimate of drug-likeness (QED) is 0.789. The number of nitrogens with one attached hydrogen (secondary N) is 1. The number of hydrogen-bond donors (Lipinski definition) is 1. The van der Waals surface area contributed by atoms with Crippen molar-refractivity contribution in [3.8, 4) is 0 Å². The first-order valence-corrected chi connectivity index (χ1v) is 11.5. The number of sulfonamides is 1. The molecule has 146 valence electrons. The smallest absolute Gasteiger partial charge is 0.285 e. The van der Waals surface area contributed by atoms with Crippen molar-refractivity contribution in [3.63, 3.8) is 0 Å². The van der Waals surface area contributed by atoms with E-state index >= 15 is 0 Å². The minimum Gasteiger partial charge on any atom is -0.355 e. The highest BCUT2D eigenvalue weighted by Gasteiger charge is 2.34. The molecule has 0 aromatic heterocycles. The molecule has 1 aromatic rings. The first kappa shape index (κ1) is 18.5. The minimum atomic E-state index is -3.59. The van der Waals surface area contributed by atoms with Crippen molar-refractivity contribution in [2.24, 2.45) is 10.3 Å². The average molecular weight is 390 g/mol. The van der Waals surface area contributed by atoms with Gasteiger partial charge in [-0.25, -0.2) is 0 Å². The molecule has 6 nitrogen and oxygen atoms in total. The first-order valence-electron chi connectivity index (χ1n) is 10.0. The molecule has 0 atom stereocenters. The van der Waals surface area contributed by atoms with Crippen molar-refractivity contribution in [2.75, 3.05) is 13.1 Å². The van der Waals surface area contributed by atoms with Gasteiger partial charge in [-0.05, 0) is 37.8 Å². The lowest BCUT2D eigenvalue weighted by Gasteiger charge is -2.33. The number of amides is 1. The van der Waals surface area contributed by atoms with E-state index in [9.17, 15) is 13.2 Å². The highest BCUT2D eigenvalue weighted by molar-refractivity contribution is 7.90. The molecule has 0 unspecified atom stereocenters. The zero-order chi connectivity index (χ0) is 18.9. The van der Waals surface area contributed by atoms with Gasteiger partial charge in [0.05, 0.1) is 0 Å². The van der Waals surface area contributed by atoms with Crippen LogP contribution >= 0.6 is 0 Å². The molecule has 7 heteroatoms. The van der Waals surface area contributed by atoms with E-state index in [1.165, 1.54) is 25.7 Å². The number of rotatable bonds is 2. The van der Waals surface area contributed by atoms with Gasteiger partial charge in [0, 0.05) is 30.6 Å². The molecule has 1 N–H and O–H groups in total. The van der Waals surface area contributed by atoms with E-state index < -0.39 is 10.0 Å². The number of amidine groups is 1. The Morgan fingerprint density at radius 1 is 1.00 bits per heavy atom.